The normalized spacial score (nSPS) is 8.53. The molecular formula is C12H28MgN2O2S2. The van der Waals surface area contributed by atoms with E-state index in [1.165, 1.54) is 25.7 Å². The van der Waals surface area contributed by atoms with Crippen LogP contribution in [0.1, 0.15) is 55.2 Å². The smallest absolute Gasteiger partial charge is 1.00 e. The van der Waals surface area contributed by atoms with Crippen LogP contribution in [0.5, 0.6) is 0 Å². The van der Waals surface area contributed by atoms with Crippen molar-refractivity contribution in [3.05, 3.63) is 0 Å². The van der Waals surface area contributed by atoms with Gasteiger partial charge in [0.2, 0.25) is 0 Å². The Morgan fingerprint density at radius 3 is 1.37 bits per heavy atom. The van der Waals surface area contributed by atoms with Crippen molar-refractivity contribution >= 4 is 57.8 Å². The quantitative estimate of drug-likeness (QED) is 0.407. The van der Waals surface area contributed by atoms with Gasteiger partial charge in [-0.2, -0.15) is 0 Å². The zero-order valence-corrected chi connectivity index (χ0v) is 15.2. The molecule has 0 radical (unpaired) electrons. The van der Waals surface area contributed by atoms with Crippen molar-refractivity contribution in [2.24, 2.45) is 11.5 Å². The minimum atomic E-state index is 0. The largest absolute Gasteiger partial charge is 2.00 e. The van der Waals surface area contributed by atoms with Crippen LogP contribution in [0, 0.1) is 0 Å². The molecule has 4 N–H and O–H groups in total. The summed E-state index contributed by atoms with van der Waals surface area (Å²) in [6, 6.07) is 0. The van der Waals surface area contributed by atoms with Crippen molar-refractivity contribution in [1.29, 1.82) is 0 Å². The molecule has 0 aliphatic rings. The Labute approximate surface area is 147 Å². The van der Waals surface area contributed by atoms with Crippen LogP contribution >= 0.6 is 24.4 Å². The molecule has 4 nitrogen and oxygen atoms in total. The van der Waals surface area contributed by atoms with E-state index in [0.29, 0.717) is 13.2 Å². The van der Waals surface area contributed by atoms with E-state index in [2.05, 4.69) is 38.3 Å². The summed E-state index contributed by atoms with van der Waals surface area (Å²) in [6.45, 7) is 5.62. The average Bonchev–Trinajstić information content (AvgIpc) is 2.31. The third-order valence-corrected chi connectivity index (χ3v) is 2.22. The van der Waals surface area contributed by atoms with Crippen molar-refractivity contribution in [2.45, 2.75) is 52.4 Å². The molecule has 112 valence electrons. The van der Waals surface area contributed by atoms with Gasteiger partial charge in [0.05, 0.1) is 13.2 Å². The maximum absolute atomic E-state index is 5.08. The Kier molecular flexibility index (Phi) is 26.0. The molecule has 7 heteroatoms. The predicted molar refractivity (Wildman–Crippen MR) is 92.5 cm³/mol. The van der Waals surface area contributed by atoms with E-state index in [-0.39, 0.29) is 36.3 Å². The minimum absolute atomic E-state index is 0. The first-order valence-corrected chi connectivity index (χ1v) is 7.20. The molecule has 0 amide bonds. The standard InChI is InChI=1S/2C6H13NOS.Mg.2H/c2*1-2-3-4-5-8-6(7)9;;;/h2*2-5H2,1H3,(H2,7,9);;;/q;;+2;2*-1. The third kappa shape index (κ3) is 32.1. The molecule has 0 bridgehead atoms. The van der Waals surface area contributed by atoms with Crippen molar-refractivity contribution in [2.75, 3.05) is 13.2 Å². The Morgan fingerprint density at radius 1 is 0.842 bits per heavy atom. The fourth-order valence-corrected chi connectivity index (χ4v) is 1.22. The minimum Gasteiger partial charge on any atom is -1.00 e. The molecule has 19 heavy (non-hydrogen) atoms. The number of unbranched alkanes of at least 4 members (excludes halogenated alkanes) is 4. The number of nitrogens with two attached hydrogens (primary N) is 2. The van der Waals surface area contributed by atoms with Gasteiger partial charge >= 0.3 is 23.1 Å². The van der Waals surface area contributed by atoms with Crippen molar-refractivity contribution in [1.82, 2.24) is 0 Å². The topological polar surface area (TPSA) is 70.5 Å². The SMILES string of the molecule is CCCCCOC(N)=S.CCCCCOC(N)=S.[H-].[H-].[Mg+2]. The zero-order valence-electron chi connectivity index (χ0n) is 14.2. The molecule has 0 aliphatic carbocycles. The molecule has 0 aromatic heterocycles. The molecule has 0 rings (SSSR count). The molecule has 0 aromatic carbocycles. The second kappa shape index (κ2) is 20.5. The monoisotopic (exact) mass is 320 g/mol. The van der Waals surface area contributed by atoms with Gasteiger partial charge in [0.15, 0.2) is 0 Å². The summed E-state index contributed by atoms with van der Waals surface area (Å²) in [4.78, 5) is 0. The van der Waals surface area contributed by atoms with Gasteiger partial charge in [-0.1, -0.05) is 39.5 Å². The summed E-state index contributed by atoms with van der Waals surface area (Å²) in [5.74, 6) is 0. The summed E-state index contributed by atoms with van der Waals surface area (Å²) < 4.78 is 9.71. The summed E-state index contributed by atoms with van der Waals surface area (Å²) in [7, 11) is 0. The Hall–Kier alpha value is 0.146. The first kappa shape index (κ1) is 24.2. The molecule has 0 aromatic rings. The van der Waals surface area contributed by atoms with Crippen LogP contribution in [0.4, 0.5) is 0 Å². The van der Waals surface area contributed by atoms with Crippen LogP contribution in [0.25, 0.3) is 0 Å². The van der Waals surface area contributed by atoms with Gasteiger partial charge in [-0.15, -0.1) is 0 Å². The van der Waals surface area contributed by atoms with Crippen LogP contribution in [-0.2, 0) is 9.47 Å². The van der Waals surface area contributed by atoms with Crippen molar-refractivity contribution < 1.29 is 12.3 Å². The van der Waals surface area contributed by atoms with Crippen molar-refractivity contribution in [3.63, 3.8) is 0 Å². The molecule has 0 unspecified atom stereocenters. The van der Waals surface area contributed by atoms with Crippen LogP contribution in [0.3, 0.4) is 0 Å². The second-order valence-corrected chi connectivity index (χ2v) is 4.55. The van der Waals surface area contributed by atoms with E-state index in [4.69, 9.17) is 20.9 Å². The summed E-state index contributed by atoms with van der Waals surface area (Å²) >= 11 is 9.00. The molecule has 0 saturated heterocycles. The second-order valence-electron chi connectivity index (χ2n) is 3.75. The number of thiocarbonyl (C=S) groups is 2. The molecular weight excluding hydrogens is 293 g/mol. The number of hydrogen-bond acceptors (Lipinski definition) is 4. The predicted octanol–water partition coefficient (Wildman–Crippen LogP) is 2.72. The summed E-state index contributed by atoms with van der Waals surface area (Å²) in [6.07, 6.45) is 6.86. The Bertz CT molecular complexity index is 207. The van der Waals surface area contributed by atoms with Gasteiger partial charge < -0.3 is 23.8 Å². The van der Waals surface area contributed by atoms with Gasteiger partial charge in [0.25, 0.3) is 10.3 Å². The van der Waals surface area contributed by atoms with E-state index in [1.54, 1.807) is 0 Å². The average molecular weight is 321 g/mol. The molecule has 0 saturated carbocycles. The fraction of sp³-hybridized carbons (Fsp3) is 0.833. The first-order chi connectivity index (χ1) is 8.54. The summed E-state index contributed by atoms with van der Waals surface area (Å²) in [5, 5.41) is 0.317. The molecule has 0 aliphatic heterocycles. The number of hydrogen-bond donors (Lipinski definition) is 2. The van der Waals surface area contributed by atoms with Crippen LogP contribution < -0.4 is 11.5 Å². The van der Waals surface area contributed by atoms with E-state index >= 15 is 0 Å². The number of rotatable bonds is 8. The zero-order chi connectivity index (χ0) is 14.2. The van der Waals surface area contributed by atoms with Gasteiger partial charge in [-0.05, 0) is 37.3 Å². The van der Waals surface area contributed by atoms with Gasteiger partial charge in [-0.3, -0.25) is 0 Å². The van der Waals surface area contributed by atoms with E-state index in [1.807, 2.05) is 0 Å². The molecule has 0 heterocycles. The number of ether oxygens (including phenoxy) is 2. The molecule has 0 fully saturated rings. The van der Waals surface area contributed by atoms with Crippen LogP contribution in [0.2, 0.25) is 0 Å². The molecule has 0 atom stereocenters. The van der Waals surface area contributed by atoms with Crippen LogP contribution in [-0.4, -0.2) is 46.6 Å². The molecule has 0 spiro atoms. The van der Waals surface area contributed by atoms with Gasteiger partial charge in [0.1, 0.15) is 0 Å². The van der Waals surface area contributed by atoms with Gasteiger partial charge in [0, 0.05) is 0 Å². The summed E-state index contributed by atoms with van der Waals surface area (Å²) in [5.41, 5.74) is 10.2. The maximum Gasteiger partial charge on any atom is 2.00 e. The third-order valence-electron chi connectivity index (χ3n) is 1.98. The van der Waals surface area contributed by atoms with E-state index in [9.17, 15) is 0 Å². The Balaban J connectivity index is -0.0000000711. The van der Waals surface area contributed by atoms with Gasteiger partial charge in [-0.25, -0.2) is 0 Å². The maximum atomic E-state index is 5.08. The van der Waals surface area contributed by atoms with Crippen LogP contribution in [0.15, 0.2) is 0 Å². The van der Waals surface area contributed by atoms with Crippen molar-refractivity contribution in [3.8, 4) is 0 Å². The Morgan fingerprint density at radius 2 is 1.16 bits per heavy atom. The van der Waals surface area contributed by atoms with E-state index in [0.717, 1.165) is 12.8 Å². The first-order valence-electron chi connectivity index (χ1n) is 6.39. The van der Waals surface area contributed by atoms with E-state index < -0.39 is 0 Å². The fourth-order valence-electron chi connectivity index (χ4n) is 1.05.